The molecule has 19 heavy (non-hydrogen) atoms. The fourth-order valence-corrected chi connectivity index (χ4v) is 2.56. The molecule has 94 valence electrons. The first kappa shape index (κ1) is 13.4. The molecule has 0 unspecified atom stereocenters. The highest BCUT2D eigenvalue weighted by Gasteiger charge is 1.99. The highest BCUT2D eigenvalue weighted by atomic mass is 32.2. The van der Waals surface area contributed by atoms with Gasteiger partial charge in [-0.3, -0.25) is 0 Å². The van der Waals surface area contributed by atoms with Gasteiger partial charge in [-0.25, -0.2) is 4.98 Å². The summed E-state index contributed by atoms with van der Waals surface area (Å²) in [5.74, 6) is 0.273. The van der Waals surface area contributed by atoms with Gasteiger partial charge in [0.05, 0.1) is 21.8 Å². The third kappa shape index (κ3) is 3.71. The molecule has 0 bridgehead atoms. The van der Waals surface area contributed by atoms with Crippen molar-refractivity contribution < 1.29 is 5.11 Å². The average Bonchev–Trinajstić information content (AvgIpc) is 2.79. The van der Waals surface area contributed by atoms with Crippen LogP contribution in [0.3, 0.4) is 0 Å². The number of rotatable bonds is 0. The third-order valence-corrected chi connectivity index (χ3v) is 3.46. The van der Waals surface area contributed by atoms with E-state index in [1.165, 1.54) is 11.3 Å². The van der Waals surface area contributed by atoms with E-state index in [0.717, 1.165) is 14.6 Å². The number of benzene rings is 2. The maximum Gasteiger partial charge on any atom is 0.148 e. The number of hydrogen-bond acceptors (Lipinski definition) is 5. The zero-order valence-corrected chi connectivity index (χ0v) is 11.5. The van der Waals surface area contributed by atoms with Crippen LogP contribution in [0, 0.1) is 11.3 Å². The summed E-state index contributed by atoms with van der Waals surface area (Å²) < 4.78 is 1.70. The normalized spacial score (nSPS) is 9.47. The van der Waals surface area contributed by atoms with Crippen molar-refractivity contribution in [3.8, 4) is 11.8 Å². The van der Waals surface area contributed by atoms with Gasteiger partial charge >= 0.3 is 0 Å². The predicted octanol–water partition coefficient (Wildman–Crippen LogP) is 3.85. The molecule has 0 fully saturated rings. The number of phenolic OH excluding ortho intramolecular Hbond substituents is 1. The highest BCUT2D eigenvalue weighted by Crippen LogP contribution is 2.27. The van der Waals surface area contributed by atoms with Crippen molar-refractivity contribution in [2.24, 2.45) is 0 Å². The second kappa shape index (κ2) is 6.23. The fourth-order valence-electron chi connectivity index (χ4n) is 1.41. The smallest absolute Gasteiger partial charge is 0.148 e. The molecular weight excluding hydrogens is 276 g/mol. The van der Waals surface area contributed by atoms with Crippen molar-refractivity contribution in [1.82, 2.24) is 4.98 Å². The number of nitriles is 1. The summed E-state index contributed by atoms with van der Waals surface area (Å²) in [7, 11) is 0. The Morgan fingerprint density at radius 1 is 1.16 bits per heavy atom. The molecule has 0 saturated heterocycles. The topological polar surface area (TPSA) is 56.9 Å². The van der Waals surface area contributed by atoms with Crippen molar-refractivity contribution in [1.29, 1.82) is 5.26 Å². The Hall–Kier alpha value is -2.03. The van der Waals surface area contributed by atoms with Gasteiger partial charge in [0.15, 0.2) is 0 Å². The molecule has 0 radical (unpaired) electrons. The zero-order chi connectivity index (χ0) is 13.7. The quantitative estimate of drug-likeness (QED) is 0.617. The molecule has 5 heteroatoms. The lowest BCUT2D eigenvalue weighted by Crippen LogP contribution is -1.66. The van der Waals surface area contributed by atoms with E-state index < -0.39 is 0 Å². The van der Waals surface area contributed by atoms with E-state index in [-0.39, 0.29) is 5.75 Å². The Labute approximate surface area is 120 Å². The Morgan fingerprint density at radius 3 is 2.53 bits per heavy atom. The molecule has 3 aromatic rings. The van der Waals surface area contributed by atoms with Crippen LogP contribution < -0.4 is 0 Å². The number of hydrogen-bond donors (Lipinski definition) is 2. The minimum Gasteiger partial charge on any atom is -0.508 e. The lowest BCUT2D eigenvalue weighted by molar-refractivity contribution is 0.476. The van der Waals surface area contributed by atoms with Crippen LogP contribution in [-0.4, -0.2) is 10.1 Å². The highest BCUT2D eigenvalue weighted by molar-refractivity contribution is 7.82. The average molecular weight is 286 g/mol. The number of nitrogens with zero attached hydrogens (tertiary/aromatic N) is 2. The first-order valence-corrected chi connectivity index (χ1v) is 6.69. The number of thiazole rings is 1. The van der Waals surface area contributed by atoms with E-state index in [9.17, 15) is 0 Å². The van der Waals surface area contributed by atoms with Crippen LogP contribution in [0.2, 0.25) is 0 Å². The molecular formula is C14H10N2OS2. The maximum absolute atomic E-state index is 9.09. The van der Waals surface area contributed by atoms with Gasteiger partial charge in [0.25, 0.3) is 0 Å². The molecule has 3 nitrogen and oxygen atoms in total. The maximum atomic E-state index is 9.09. The zero-order valence-electron chi connectivity index (χ0n) is 9.82. The first-order valence-electron chi connectivity index (χ1n) is 5.42. The number of thiol groups is 1. The van der Waals surface area contributed by atoms with E-state index in [2.05, 4.69) is 17.6 Å². The van der Waals surface area contributed by atoms with Gasteiger partial charge in [-0.05, 0) is 30.3 Å². The molecule has 1 heterocycles. The molecule has 0 aliphatic rings. The number of aromatic hydroxyl groups is 1. The van der Waals surface area contributed by atoms with Gasteiger partial charge in [0.1, 0.15) is 10.1 Å². The summed E-state index contributed by atoms with van der Waals surface area (Å²) in [4.78, 5) is 4.13. The van der Waals surface area contributed by atoms with Crippen LogP contribution in [0.5, 0.6) is 5.75 Å². The fraction of sp³-hybridized carbons (Fsp3) is 0. The van der Waals surface area contributed by atoms with Gasteiger partial charge in [-0.2, -0.15) is 5.26 Å². The first-order chi connectivity index (χ1) is 9.19. The Balaban J connectivity index is 0.000000148. The van der Waals surface area contributed by atoms with Crippen LogP contribution >= 0.6 is 24.0 Å². The molecule has 0 aliphatic heterocycles. The van der Waals surface area contributed by atoms with Gasteiger partial charge in [0.2, 0.25) is 0 Å². The molecule has 0 amide bonds. The second-order valence-corrected chi connectivity index (χ2v) is 5.38. The molecule has 0 spiro atoms. The Morgan fingerprint density at radius 2 is 1.89 bits per heavy atom. The Bertz CT molecular complexity index is 717. The molecule has 0 saturated carbocycles. The minimum absolute atomic E-state index is 0.273. The standard InChI is InChI=1S/C7H5NOS2.C7H5N/c9-4-1-2-5-6(3-4)11-7(10)8-5;8-6-7-4-2-1-3-5-7/h1-3,9H,(H,8,10);1-5H. The van der Waals surface area contributed by atoms with E-state index in [0.29, 0.717) is 5.56 Å². The lowest BCUT2D eigenvalue weighted by atomic mass is 10.2. The van der Waals surface area contributed by atoms with E-state index in [4.69, 9.17) is 10.4 Å². The summed E-state index contributed by atoms with van der Waals surface area (Å²) in [5, 5.41) is 17.4. The molecule has 3 rings (SSSR count). The van der Waals surface area contributed by atoms with Crippen LogP contribution in [0.1, 0.15) is 5.56 Å². The van der Waals surface area contributed by atoms with E-state index >= 15 is 0 Å². The molecule has 0 atom stereocenters. The monoisotopic (exact) mass is 286 g/mol. The van der Waals surface area contributed by atoms with Crippen LogP contribution in [-0.2, 0) is 0 Å². The number of fused-ring (bicyclic) bond motifs is 1. The summed E-state index contributed by atoms with van der Waals surface area (Å²) in [6.07, 6.45) is 0. The summed E-state index contributed by atoms with van der Waals surface area (Å²) >= 11 is 5.56. The van der Waals surface area contributed by atoms with E-state index in [1.807, 2.05) is 24.3 Å². The predicted molar refractivity (Wildman–Crippen MR) is 79.7 cm³/mol. The van der Waals surface area contributed by atoms with Crippen molar-refractivity contribution in [3.63, 3.8) is 0 Å². The van der Waals surface area contributed by atoms with E-state index in [1.54, 1.807) is 30.3 Å². The van der Waals surface area contributed by atoms with Crippen molar-refractivity contribution in [2.75, 3.05) is 0 Å². The number of aromatic nitrogens is 1. The van der Waals surface area contributed by atoms with Crippen molar-refractivity contribution in [2.45, 2.75) is 4.34 Å². The molecule has 1 aromatic heterocycles. The minimum atomic E-state index is 0.273. The summed E-state index contributed by atoms with van der Waals surface area (Å²) in [5.41, 5.74) is 1.60. The van der Waals surface area contributed by atoms with Gasteiger partial charge in [-0.1, -0.05) is 18.2 Å². The molecule has 2 aromatic carbocycles. The Kier molecular flexibility index (Phi) is 4.39. The number of phenols is 1. The van der Waals surface area contributed by atoms with Gasteiger partial charge < -0.3 is 5.11 Å². The second-order valence-electron chi connectivity index (χ2n) is 3.63. The van der Waals surface area contributed by atoms with Crippen molar-refractivity contribution >= 4 is 34.2 Å². The molecule has 0 aliphatic carbocycles. The molecule has 1 N–H and O–H groups in total. The van der Waals surface area contributed by atoms with Gasteiger partial charge in [-0.15, -0.1) is 24.0 Å². The van der Waals surface area contributed by atoms with Crippen LogP contribution in [0.15, 0.2) is 52.9 Å². The SMILES string of the molecule is N#Cc1ccccc1.Oc1ccc2nc(S)sc2c1. The third-order valence-electron chi connectivity index (χ3n) is 2.26. The summed E-state index contributed by atoms with van der Waals surface area (Å²) in [6.45, 7) is 0. The summed E-state index contributed by atoms with van der Waals surface area (Å²) in [6, 6.07) is 16.2. The largest absolute Gasteiger partial charge is 0.508 e. The van der Waals surface area contributed by atoms with Crippen molar-refractivity contribution in [3.05, 3.63) is 54.1 Å². The van der Waals surface area contributed by atoms with Gasteiger partial charge in [0, 0.05) is 0 Å². The lowest BCUT2D eigenvalue weighted by Gasteiger charge is -1.87. The van der Waals surface area contributed by atoms with Crippen LogP contribution in [0.4, 0.5) is 0 Å². The van der Waals surface area contributed by atoms with Crippen LogP contribution in [0.25, 0.3) is 10.2 Å².